The lowest BCUT2D eigenvalue weighted by Crippen LogP contribution is -2.52. The zero-order chi connectivity index (χ0) is 19.6. The van der Waals surface area contributed by atoms with Crippen molar-refractivity contribution in [2.24, 2.45) is 5.92 Å². The topological polar surface area (TPSA) is 61.4 Å². The number of halogens is 1. The summed E-state index contributed by atoms with van der Waals surface area (Å²) in [7, 11) is 0. The van der Waals surface area contributed by atoms with Gasteiger partial charge in [0.05, 0.1) is 0 Å². The predicted octanol–water partition coefficient (Wildman–Crippen LogP) is 4.38. The predicted molar refractivity (Wildman–Crippen MR) is 109 cm³/mol. The van der Waals surface area contributed by atoms with Gasteiger partial charge in [0.15, 0.2) is 0 Å². The highest BCUT2D eigenvalue weighted by atomic mass is 35.5. The summed E-state index contributed by atoms with van der Waals surface area (Å²) < 4.78 is 0. The number of fused-ring (bicyclic) bond motifs is 1. The molecule has 1 atom stereocenters. The van der Waals surface area contributed by atoms with Crippen molar-refractivity contribution in [3.05, 3.63) is 58.6 Å². The lowest BCUT2D eigenvalue weighted by atomic mass is 10.0. The molecule has 2 aromatic rings. The first-order valence-corrected chi connectivity index (χ1v) is 9.47. The van der Waals surface area contributed by atoms with Gasteiger partial charge in [0.2, 0.25) is 5.91 Å². The number of urea groups is 1. The van der Waals surface area contributed by atoms with Gasteiger partial charge in [0.25, 0.3) is 0 Å². The second-order valence-corrected chi connectivity index (χ2v) is 7.58. The van der Waals surface area contributed by atoms with Gasteiger partial charge in [-0.05, 0) is 48.6 Å². The Balaban J connectivity index is 1.73. The lowest BCUT2D eigenvalue weighted by molar-refractivity contribution is -0.121. The van der Waals surface area contributed by atoms with Crippen LogP contribution in [-0.4, -0.2) is 24.5 Å². The number of nitrogens with zero attached hydrogens (tertiary/aromatic N) is 1. The summed E-state index contributed by atoms with van der Waals surface area (Å²) in [5.74, 6) is -0.135. The first-order valence-electron chi connectivity index (χ1n) is 9.09. The lowest BCUT2D eigenvalue weighted by Gasteiger charge is -2.27. The van der Waals surface area contributed by atoms with E-state index in [2.05, 4.69) is 10.6 Å². The molecule has 1 heterocycles. The fraction of sp³-hybridized carbons (Fsp3) is 0.333. The summed E-state index contributed by atoms with van der Waals surface area (Å²) in [6, 6.07) is 12.2. The van der Waals surface area contributed by atoms with Crippen LogP contribution in [0.5, 0.6) is 0 Å². The van der Waals surface area contributed by atoms with Crippen molar-refractivity contribution in [2.45, 2.75) is 33.2 Å². The first-order chi connectivity index (χ1) is 12.9. The van der Waals surface area contributed by atoms with E-state index in [0.717, 1.165) is 23.2 Å². The molecule has 1 aliphatic rings. The number of benzene rings is 2. The molecule has 2 N–H and O–H groups in total. The maximum absolute atomic E-state index is 13.1. The van der Waals surface area contributed by atoms with Crippen molar-refractivity contribution >= 4 is 34.9 Å². The molecule has 6 heteroatoms. The molecule has 1 aliphatic heterocycles. The van der Waals surface area contributed by atoms with Gasteiger partial charge in [0, 0.05) is 22.9 Å². The molecule has 2 aromatic carbocycles. The van der Waals surface area contributed by atoms with Gasteiger partial charge in [-0.2, -0.15) is 0 Å². The molecular weight excluding hydrogens is 362 g/mol. The third kappa shape index (κ3) is 4.25. The van der Waals surface area contributed by atoms with E-state index in [1.807, 2.05) is 51.1 Å². The van der Waals surface area contributed by atoms with Crippen LogP contribution in [0.2, 0.25) is 5.02 Å². The van der Waals surface area contributed by atoms with Crippen LogP contribution in [0, 0.1) is 12.8 Å². The number of amides is 3. The Kier molecular flexibility index (Phi) is 5.71. The average molecular weight is 386 g/mol. The van der Waals surface area contributed by atoms with Crippen molar-refractivity contribution in [1.29, 1.82) is 0 Å². The highest BCUT2D eigenvalue weighted by Gasteiger charge is 2.32. The number of hydrogen-bond donors (Lipinski definition) is 2. The third-order valence-corrected chi connectivity index (χ3v) is 5.06. The van der Waals surface area contributed by atoms with Crippen LogP contribution in [0.4, 0.5) is 16.2 Å². The molecule has 0 saturated carbocycles. The van der Waals surface area contributed by atoms with Crippen molar-refractivity contribution in [3.63, 3.8) is 0 Å². The fourth-order valence-electron chi connectivity index (χ4n) is 3.28. The Morgan fingerprint density at radius 2 is 1.89 bits per heavy atom. The fourth-order valence-corrected chi connectivity index (χ4v) is 3.45. The van der Waals surface area contributed by atoms with Crippen LogP contribution < -0.4 is 15.5 Å². The van der Waals surface area contributed by atoms with E-state index in [1.54, 1.807) is 17.0 Å². The number of rotatable bonds is 4. The molecule has 0 unspecified atom stereocenters. The van der Waals surface area contributed by atoms with Crippen LogP contribution in [0.3, 0.4) is 0 Å². The quantitative estimate of drug-likeness (QED) is 0.820. The van der Waals surface area contributed by atoms with Crippen LogP contribution >= 0.6 is 11.6 Å². The molecular formula is C21H24ClN3O2. The molecule has 0 aromatic heterocycles. The summed E-state index contributed by atoms with van der Waals surface area (Å²) in [5, 5.41) is 6.17. The first kappa shape index (κ1) is 19.2. The largest absolute Gasteiger partial charge is 0.326 e. The second-order valence-electron chi connectivity index (χ2n) is 7.15. The summed E-state index contributed by atoms with van der Waals surface area (Å²) >= 11 is 6.01. The molecule has 5 nitrogen and oxygen atoms in total. The van der Waals surface area contributed by atoms with E-state index < -0.39 is 12.1 Å². The molecule has 0 saturated heterocycles. The number of aryl methyl sites for hydroxylation is 1. The Morgan fingerprint density at radius 1 is 1.15 bits per heavy atom. The highest BCUT2D eigenvalue weighted by molar-refractivity contribution is 6.31. The summed E-state index contributed by atoms with van der Waals surface area (Å²) in [6.07, 6.45) is 0.834. The van der Waals surface area contributed by atoms with E-state index in [4.69, 9.17) is 11.6 Å². The third-order valence-electron chi connectivity index (χ3n) is 4.82. The van der Waals surface area contributed by atoms with Gasteiger partial charge < -0.3 is 15.5 Å². The standard InChI is InChI=1S/C21H24ClN3O2/c1-13(2)19(20(26)25-11-10-15-6-4-5-7-18(15)25)24-21(27)23-17-12-16(22)9-8-14(17)3/h4-9,12-13,19H,10-11H2,1-3H3,(H2,23,24,27)/t19-/m1/s1. The van der Waals surface area contributed by atoms with Crippen molar-refractivity contribution in [2.75, 3.05) is 16.8 Å². The zero-order valence-corrected chi connectivity index (χ0v) is 16.5. The number of carbonyl (C=O) groups is 2. The smallest absolute Gasteiger partial charge is 0.319 e. The van der Waals surface area contributed by atoms with Crippen LogP contribution in [-0.2, 0) is 11.2 Å². The monoisotopic (exact) mass is 385 g/mol. The Bertz CT molecular complexity index is 866. The Labute approximate surface area is 164 Å². The van der Waals surface area contributed by atoms with E-state index >= 15 is 0 Å². The molecule has 27 heavy (non-hydrogen) atoms. The van der Waals surface area contributed by atoms with Crippen molar-refractivity contribution < 1.29 is 9.59 Å². The molecule has 0 bridgehead atoms. The second kappa shape index (κ2) is 8.01. The molecule has 0 spiro atoms. The van der Waals surface area contributed by atoms with Gasteiger partial charge in [-0.15, -0.1) is 0 Å². The maximum atomic E-state index is 13.1. The number of para-hydroxylation sites is 1. The SMILES string of the molecule is Cc1ccc(Cl)cc1NC(=O)N[C@@H](C(=O)N1CCc2ccccc21)C(C)C. The Hall–Kier alpha value is -2.53. The number of nitrogens with one attached hydrogen (secondary N) is 2. The maximum Gasteiger partial charge on any atom is 0.319 e. The van der Waals surface area contributed by atoms with Gasteiger partial charge in [-0.3, -0.25) is 4.79 Å². The summed E-state index contributed by atoms with van der Waals surface area (Å²) in [4.78, 5) is 27.4. The van der Waals surface area contributed by atoms with E-state index in [0.29, 0.717) is 17.3 Å². The van der Waals surface area contributed by atoms with Crippen LogP contribution in [0.15, 0.2) is 42.5 Å². The molecule has 142 valence electrons. The number of carbonyl (C=O) groups excluding carboxylic acids is 2. The molecule has 3 amide bonds. The zero-order valence-electron chi connectivity index (χ0n) is 15.8. The highest BCUT2D eigenvalue weighted by Crippen LogP contribution is 2.28. The summed E-state index contributed by atoms with van der Waals surface area (Å²) in [5.41, 5.74) is 3.62. The molecule has 0 aliphatic carbocycles. The number of anilines is 2. The van der Waals surface area contributed by atoms with Crippen molar-refractivity contribution in [3.8, 4) is 0 Å². The van der Waals surface area contributed by atoms with E-state index in [9.17, 15) is 9.59 Å². The van der Waals surface area contributed by atoms with Gasteiger partial charge in [0.1, 0.15) is 6.04 Å². The van der Waals surface area contributed by atoms with E-state index in [-0.39, 0.29) is 11.8 Å². The number of hydrogen-bond acceptors (Lipinski definition) is 2. The van der Waals surface area contributed by atoms with Crippen molar-refractivity contribution in [1.82, 2.24) is 5.32 Å². The minimum Gasteiger partial charge on any atom is -0.326 e. The minimum atomic E-state index is -0.615. The van der Waals surface area contributed by atoms with Crippen LogP contribution in [0.25, 0.3) is 0 Å². The van der Waals surface area contributed by atoms with Gasteiger partial charge >= 0.3 is 6.03 Å². The normalized spacial score (nSPS) is 14.0. The molecule has 0 fully saturated rings. The summed E-state index contributed by atoms with van der Waals surface area (Å²) in [6.45, 7) is 6.38. The Morgan fingerprint density at radius 3 is 2.63 bits per heavy atom. The molecule has 3 rings (SSSR count). The van der Waals surface area contributed by atoms with Gasteiger partial charge in [-0.1, -0.05) is 49.7 Å². The van der Waals surface area contributed by atoms with Gasteiger partial charge in [-0.25, -0.2) is 4.79 Å². The van der Waals surface area contributed by atoms with Crippen LogP contribution in [0.1, 0.15) is 25.0 Å². The van der Waals surface area contributed by atoms with E-state index in [1.165, 1.54) is 0 Å². The average Bonchev–Trinajstić information content (AvgIpc) is 3.06. The minimum absolute atomic E-state index is 0.0449. The molecule has 0 radical (unpaired) electrons.